The summed E-state index contributed by atoms with van der Waals surface area (Å²) in [6.07, 6.45) is 14.7. The fraction of sp³-hybridized carbons (Fsp3) is 0.905. The maximum absolute atomic E-state index is 9.92. The van der Waals surface area contributed by atoms with Gasteiger partial charge in [-0.05, 0) is 25.7 Å². The summed E-state index contributed by atoms with van der Waals surface area (Å²) in [6, 6.07) is 0. The van der Waals surface area contributed by atoms with Gasteiger partial charge in [-0.1, -0.05) is 64.0 Å². The second kappa shape index (κ2) is 15.6. The van der Waals surface area contributed by atoms with E-state index in [-0.39, 0.29) is 13.2 Å². The minimum absolute atomic E-state index is 0.0683. The molecule has 0 spiro atoms. The lowest BCUT2D eigenvalue weighted by molar-refractivity contribution is -0.0813. The topological polar surface area (TPSA) is 79.2 Å². The van der Waals surface area contributed by atoms with E-state index in [4.69, 9.17) is 9.47 Å². The van der Waals surface area contributed by atoms with Crippen LogP contribution in [0.15, 0.2) is 12.2 Å². The Hall–Kier alpha value is -0.460. The molecule has 0 radical (unpaired) electrons. The standard InChI is InChI=1S/C21H40O5/c1-2-3-4-5-6-7-8-9-10-11-12-13-14-15-25-16-19(23)21-20(24)18(22)17-26-21/h3-4,18-24H,2,5-17H2,1H3/b4-3+/t18-,19+,20-,21-/m1/s1. The van der Waals surface area contributed by atoms with Gasteiger partial charge in [-0.2, -0.15) is 0 Å². The van der Waals surface area contributed by atoms with E-state index < -0.39 is 24.4 Å². The van der Waals surface area contributed by atoms with Crippen LogP contribution in [0.3, 0.4) is 0 Å². The fourth-order valence-corrected chi connectivity index (χ4v) is 3.25. The van der Waals surface area contributed by atoms with E-state index in [0.29, 0.717) is 6.61 Å². The molecule has 1 fully saturated rings. The molecule has 0 aromatic heterocycles. The smallest absolute Gasteiger partial charge is 0.114 e. The first-order valence-corrected chi connectivity index (χ1v) is 10.5. The molecule has 0 aromatic rings. The first-order valence-electron chi connectivity index (χ1n) is 10.5. The average Bonchev–Trinajstić information content (AvgIpc) is 2.97. The number of ether oxygens (including phenoxy) is 2. The summed E-state index contributed by atoms with van der Waals surface area (Å²) < 4.78 is 10.6. The van der Waals surface area contributed by atoms with E-state index in [2.05, 4.69) is 19.1 Å². The molecule has 5 nitrogen and oxygen atoms in total. The van der Waals surface area contributed by atoms with Crippen LogP contribution in [0.2, 0.25) is 0 Å². The van der Waals surface area contributed by atoms with Gasteiger partial charge in [0.05, 0.1) is 13.2 Å². The van der Waals surface area contributed by atoms with Gasteiger partial charge in [-0.15, -0.1) is 0 Å². The zero-order valence-electron chi connectivity index (χ0n) is 16.5. The van der Waals surface area contributed by atoms with Crippen molar-refractivity contribution in [2.24, 2.45) is 0 Å². The first kappa shape index (κ1) is 23.6. The summed E-state index contributed by atoms with van der Waals surface area (Å²) in [7, 11) is 0. The third-order valence-corrected chi connectivity index (χ3v) is 4.92. The number of allylic oxidation sites excluding steroid dienone is 2. The number of aliphatic hydroxyl groups excluding tert-OH is 3. The minimum atomic E-state index is -1.03. The second-order valence-electron chi connectivity index (χ2n) is 7.35. The monoisotopic (exact) mass is 372 g/mol. The Kier molecular flexibility index (Phi) is 14.1. The summed E-state index contributed by atoms with van der Waals surface area (Å²) in [5, 5.41) is 29.0. The molecule has 1 heterocycles. The number of unbranched alkanes of at least 4 members (excludes halogenated alkanes) is 9. The highest BCUT2D eigenvalue weighted by Crippen LogP contribution is 2.18. The van der Waals surface area contributed by atoms with Gasteiger partial charge in [0.15, 0.2) is 0 Å². The zero-order chi connectivity index (χ0) is 19.0. The summed E-state index contributed by atoms with van der Waals surface area (Å²) in [6.45, 7) is 3.00. The molecular weight excluding hydrogens is 332 g/mol. The maximum atomic E-state index is 9.92. The predicted molar refractivity (Wildman–Crippen MR) is 104 cm³/mol. The van der Waals surface area contributed by atoms with E-state index >= 15 is 0 Å². The van der Waals surface area contributed by atoms with Gasteiger partial charge in [-0.3, -0.25) is 0 Å². The van der Waals surface area contributed by atoms with Crippen molar-refractivity contribution < 1.29 is 24.8 Å². The molecule has 0 aromatic carbocycles. The van der Waals surface area contributed by atoms with E-state index in [0.717, 1.165) is 19.3 Å². The van der Waals surface area contributed by atoms with Gasteiger partial charge in [-0.25, -0.2) is 0 Å². The molecular formula is C21H40O5. The lowest BCUT2D eigenvalue weighted by Crippen LogP contribution is -2.40. The quantitative estimate of drug-likeness (QED) is 0.286. The molecule has 3 N–H and O–H groups in total. The number of rotatable bonds is 16. The number of aliphatic hydroxyl groups is 3. The summed E-state index contributed by atoms with van der Waals surface area (Å²) >= 11 is 0. The summed E-state index contributed by atoms with van der Waals surface area (Å²) in [5.41, 5.74) is 0. The molecule has 0 amide bonds. The van der Waals surface area contributed by atoms with Crippen LogP contribution in [0, 0.1) is 0 Å². The number of hydrogen-bond donors (Lipinski definition) is 3. The predicted octanol–water partition coefficient (Wildman–Crippen LogP) is 3.35. The number of hydrogen-bond acceptors (Lipinski definition) is 5. The molecule has 0 bridgehead atoms. The zero-order valence-corrected chi connectivity index (χ0v) is 16.5. The minimum Gasteiger partial charge on any atom is -0.388 e. The highest BCUT2D eigenvalue weighted by molar-refractivity contribution is 4.87. The third-order valence-electron chi connectivity index (χ3n) is 4.92. The Labute approximate surface area is 159 Å². The van der Waals surface area contributed by atoms with Crippen LogP contribution in [-0.4, -0.2) is 59.6 Å². The molecule has 4 atom stereocenters. The highest BCUT2D eigenvalue weighted by Gasteiger charge is 2.39. The Morgan fingerprint density at radius 3 is 2.15 bits per heavy atom. The van der Waals surface area contributed by atoms with Gasteiger partial charge >= 0.3 is 0 Å². The SMILES string of the molecule is CC/C=C/CCCCCCCCCCCOC[C@H](O)[C@H]1OC[C@@H](O)[C@H]1O. The average molecular weight is 373 g/mol. The van der Waals surface area contributed by atoms with Crippen LogP contribution in [0.5, 0.6) is 0 Å². The Balaban J connectivity index is 1.80. The molecule has 1 saturated heterocycles. The normalized spacial score (nSPS) is 24.5. The molecule has 1 aliphatic heterocycles. The van der Waals surface area contributed by atoms with Crippen LogP contribution < -0.4 is 0 Å². The van der Waals surface area contributed by atoms with Gasteiger partial charge in [0.25, 0.3) is 0 Å². The Bertz CT molecular complexity index is 347. The molecule has 0 aliphatic carbocycles. The van der Waals surface area contributed by atoms with E-state index in [1.165, 1.54) is 51.4 Å². The summed E-state index contributed by atoms with van der Waals surface area (Å²) in [5.74, 6) is 0. The van der Waals surface area contributed by atoms with Gasteiger partial charge in [0, 0.05) is 6.61 Å². The summed E-state index contributed by atoms with van der Waals surface area (Å²) in [4.78, 5) is 0. The lowest BCUT2D eigenvalue weighted by Gasteiger charge is -2.20. The molecule has 5 heteroatoms. The lowest BCUT2D eigenvalue weighted by atomic mass is 10.1. The van der Waals surface area contributed by atoms with Gasteiger partial charge < -0.3 is 24.8 Å². The van der Waals surface area contributed by atoms with Gasteiger partial charge in [0.2, 0.25) is 0 Å². The van der Waals surface area contributed by atoms with Crippen LogP contribution in [0.1, 0.15) is 77.6 Å². The van der Waals surface area contributed by atoms with Crippen molar-refractivity contribution in [3.8, 4) is 0 Å². The third kappa shape index (κ3) is 10.6. The van der Waals surface area contributed by atoms with Crippen molar-refractivity contribution in [3.63, 3.8) is 0 Å². The van der Waals surface area contributed by atoms with Crippen LogP contribution in [0.25, 0.3) is 0 Å². The van der Waals surface area contributed by atoms with Crippen molar-refractivity contribution in [1.82, 2.24) is 0 Å². The van der Waals surface area contributed by atoms with Crippen molar-refractivity contribution >= 4 is 0 Å². The molecule has 154 valence electrons. The van der Waals surface area contributed by atoms with E-state index in [1.54, 1.807) is 0 Å². The highest BCUT2D eigenvalue weighted by atomic mass is 16.5. The molecule has 0 unspecified atom stereocenters. The van der Waals surface area contributed by atoms with Crippen molar-refractivity contribution in [3.05, 3.63) is 12.2 Å². The molecule has 26 heavy (non-hydrogen) atoms. The van der Waals surface area contributed by atoms with Crippen molar-refractivity contribution in [2.75, 3.05) is 19.8 Å². The molecule has 1 aliphatic rings. The van der Waals surface area contributed by atoms with Crippen LogP contribution in [-0.2, 0) is 9.47 Å². The Morgan fingerprint density at radius 1 is 0.962 bits per heavy atom. The maximum Gasteiger partial charge on any atom is 0.114 e. The van der Waals surface area contributed by atoms with Gasteiger partial charge in [0.1, 0.15) is 24.4 Å². The van der Waals surface area contributed by atoms with E-state index in [9.17, 15) is 15.3 Å². The van der Waals surface area contributed by atoms with Crippen molar-refractivity contribution in [1.29, 1.82) is 0 Å². The van der Waals surface area contributed by atoms with Crippen molar-refractivity contribution in [2.45, 2.75) is 102 Å². The largest absolute Gasteiger partial charge is 0.388 e. The van der Waals surface area contributed by atoms with E-state index in [1.807, 2.05) is 0 Å². The molecule has 0 saturated carbocycles. The Morgan fingerprint density at radius 2 is 1.58 bits per heavy atom. The van der Waals surface area contributed by atoms with Crippen LogP contribution in [0.4, 0.5) is 0 Å². The second-order valence-corrected chi connectivity index (χ2v) is 7.35. The molecule has 1 rings (SSSR count). The fourth-order valence-electron chi connectivity index (χ4n) is 3.25. The first-order chi connectivity index (χ1) is 12.7. The van der Waals surface area contributed by atoms with Crippen LogP contribution >= 0.6 is 0 Å².